The summed E-state index contributed by atoms with van der Waals surface area (Å²) in [4.78, 5) is 22.8. The first-order valence-corrected chi connectivity index (χ1v) is 5.47. The van der Waals surface area contributed by atoms with Crippen LogP contribution in [0.3, 0.4) is 0 Å². The van der Waals surface area contributed by atoms with Gasteiger partial charge in [0.2, 0.25) is 0 Å². The van der Waals surface area contributed by atoms with E-state index in [1.807, 2.05) is 13.8 Å². The topological polar surface area (TPSA) is 70.7 Å². The van der Waals surface area contributed by atoms with Crippen LogP contribution in [-0.2, 0) is 0 Å². The molecule has 0 saturated heterocycles. The molecule has 0 radical (unpaired) electrons. The van der Waals surface area contributed by atoms with E-state index in [-0.39, 0.29) is 0 Å². The molecule has 16 heavy (non-hydrogen) atoms. The fraction of sp³-hybridized carbons (Fsp3) is 0.200. The number of rotatable bonds is 1. The first-order chi connectivity index (χ1) is 7.50. The van der Waals surface area contributed by atoms with Crippen LogP contribution in [0.1, 0.15) is 11.1 Å². The number of nitrogens with zero attached hydrogens (tertiary/aromatic N) is 1. The Morgan fingerprint density at radius 2 is 1.50 bits per heavy atom. The van der Waals surface area contributed by atoms with E-state index >= 15 is 0 Å². The Morgan fingerprint density at radius 1 is 1.06 bits per heavy atom. The summed E-state index contributed by atoms with van der Waals surface area (Å²) < 4.78 is 2.04. The van der Waals surface area contributed by atoms with E-state index in [0.717, 1.165) is 20.2 Å². The number of benzene rings is 1. The lowest BCUT2D eigenvalue weighted by Gasteiger charge is -2.06. The van der Waals surface area contributed by atoms with Crippen molar-refractivity contribution in [2.24, 2.45) is 0 Å². The van der Waals surface area contributed by atoms with Crippen molar-refractivity contribution in [3.63, 3.8) is 0 Å². The predicted molar refractivity (Wildman–Crippen MR) is 64.2 cm³/mol. The van der Waals surface area contributed by atoms with Crippen LogP contribution >= 0.6 is 15.9 Å². The van der Waals surface area contributed by atoms with Crippen molar-refractivity contribution in [2.75, 3.05) is 0 Å². The van der Waals surface area contributed by atoms with Gasteiger partial charge in [0.1, 0.15) is 0 Å². The molecule has 0 aliphatic heterocycles. The Kier molecular flexibility index (Phi) is 2.59. The normalized spacial score (nSPS) is 10.7. The summed E-state index contributed by atoms with van der Waals surface area (Å²) in [6.45, 7) is 3.82. The van der Waals surface area contributed by atoms with Crippen molar-refractivity contribution in [2.45, 2.75) is 13.8 Å². The number of halogens is 1. The molecule has 0 unspecified atom stereocenters. The largest absolute Gasteiger partial charge is 0.348 e. The minimum Gasteiger partial charge on any atom is -0.247 e. The van der Waals surface area contributed by atoms with Gasteiger partial charge in [0, 0.05) is 4.47 Å². The van der Waals surface area contributed by atoms with Crippen LogP contribution in [0.2, 0.25) is 0 Å². The van der Waals surface area contributed by atoms with E-state index in [2.05, 4.69) is 26.1 Å². The van der Waals surface area contributed by atoms with Gasteiger partial charge in [-0.1, -0.05) is 15.9 Å². The van der Waals surface area contributed by atoms with Crippen molar-refractivity contribution in [1.82, 2.24) is 14.8 Å². The number of hydrogen-bond donors (Lipinski definition) is 2. The van der Waals surface area contributed by atoms with Crippen LogP contribution in [0.15, 0.2) is 26.2 Å². The lowest BCUT2D eigenvalue weighted by molar-refractivity contribution is 0.946. The molecule has 2 aromatic rings. The lowest BCUT2D eigenvalue weighted by atomic mass is 10.1. The summed E-state index contributed by atoms with van der Waals surface area (Å²) in [5.41, 5.74) is 1.58. The second-order valence-corrected chi connectivity index (χ2v) is 4.38. The number of aromatic nitrogens is 3. The van der Waals surface area contributed by atoms with Crippen LogP contribution < -0.4 is 11.4 Å². The second kappa shape index (κ2) is 3.79. The average Bonchev–Trinajstić information content (AvgIpc) is 2.54. The number of aromatic amines is 2. The molecule has 1 heterocycles. The van der Waals surface area contributed by atoms with E-state index in [1.54, 1.807) is 12.1 Å². The smallest absolute Gasteiger partial charge is 0.247 e. The molecule has 5 nitrogen and oxygen atoms in total. The maximum Gasteiger partial charge on any atom is 0.348 e. The molecule has 2 rings (SSSR count). The third-order valence-corrected chi connectivity index (χ3v) is 3.61. The summed E-state index contributed by atoms with van der Waals surface area (Å²) >= 11 is 3.43. The Hall–Kier alpha value is -1.56. The number of H-pyrrole nitrogens is 2. The highest BCUT2D eigenvalue weighted by molar-refractivity contribution is 9.10. The van der Waals surface area contributed by atoms with E-state index in [9.17, 15) is 9.59 Å². The molecule has 1 aromatic heterocycles. The minimum atomic E-state index is -0.467. The fourth-order valence-electron chi connectivity index (χ4n) is 1.60. The number of nitrogens with one attached hydrogen (secondary N) is 2. The van der Waals surface area contributed by atoms with Crippen LogP contribution in [-0.4, -0.2) is 14.8 Å². The maximum absolute atomic E-state index is 11.4. The summed E-state index contributed by atoms with van der Waals surface area (Å²) in [6.07, 6.45) is 0. The molecule has 6 heteroatoms. The van der Waals surface area contributed by atoms with Gasteiger partial charge in [-0.2, -0.15) is 0 Å². The highest BCUT2D eigenvalue weighted by Crippen LogP contribution is 2.23. The van der Waals surface area contributed by atoms with Crippen molar-refractivity contribution in [3.05, 3.63) is 48.7 Å². The van der Waals surface area contributed by atoms with Crippen LogP contribution in [0, 0.1) is 13.8 Å². The molecule has 0 amide bonds. The number of aryl methyl sites for hydroxylation is 2. The van der Waals surface area contributed by atoms with Crippen molar-refractivity contribution in [1.29, 1.82) is 0 Å². The Morgan fingerprint density at radius 3 is 1.94 bits per heavy atom. The summed E-state index contributed by atoms with van der Waals surface area (Å²) in [5.74, 6) is 0. The first kappa shape index (κ1) is 10.9. The molecule has 0 atom stereocenters. The Bertz CT molecular complexity index is 600. The van der Waals surface area contributed by atoms with Gasteiger partial charge in [0.05, 0.1) is 5.69 Å². The third-order valence-electron chi connectivity index (χ3n) is 2.36. The van der Waals surface area contributed by atoms with Gasteiger partial charge in [0.15, 0.2) is 0 Å². The Labute approximate surface area is 99.2 Å². The van der Waals surface area contributed by atoms with E-state index in [4.69, 9.17) is 0 Å². The molecule has 0 fully saturated rings. The van der Waals surface area contributed by atoms with Crippen molar-refractivity contribution >= 4 is 15.9 Å². The third kappa shape index (κ3) is 1.65. The molecule has 0 aliphatic carbocycles. The predicted octanol–water partition coefficient (Wildman–Crippen LogP) is 1.23. The van der Waals surface area contributed by atoms with Crippen LogP contribution in [0.4, 0.5) is 0 Å². The van der Waals surface area contributed by atoms with Crippen LogP contribution in [0.5, 0.6) is 0 Å². The van der Waals surface area contributed by atoms with E-state index in [1.165, 1.54) is 0 Å². The average molecular weight is 284 g/mol. The zero-order chi connectivity index (χ0) is 11.9. The second-order valence-electron chi connectivity index (χ2n) is 3.59. The zero-order valence-corrected chi connectivity index (χ0v) is 10.4. The quantitative estimate of drug-likeness (QED) is 0.827. The highest BCUT2D eigenvalue weighted by Gasteiger charge is 2.08. The van der Waals surface area contributed by atoms with Gasteiger partial charge in [-0.25, -0.2) is 24.4 Å². The summed E-state index contributed by atoms with van der Waals surface area (Å²) in [6, 6.07) is 3.56. The van der Waals surface area contributed by atoms with E-state index in [0.29, 0.717) is 5.69 Å². The molecular weight excluding hydrogens is 274 g/mol. The van der Waals surface area contributed by atoms with Crippen LogP contribution in [0.25, 0.3) is 5.69 Å². The molecule has 0 aliphatic rings. The van der Waals surface area contributed by atoms with Crippen molar-refractivity contribution < 1.29 is 0 Å². The molecule has 0 saturated carbocycles. The summed E-state index contributed by atoms with van der Waals surface area (Å²) in [7, 11) is 0. The Balaban J connectivity index is 2.76. The lowest BCUT2D eigenvalue weighted by Crippen LogP contribution is -2.24. The van der Waals surface area contributed by atoms with E-state index < -0.39 is 11.4 Å². The van der Waals surface area contributed by atoms with Crippen molar-refractivity contribution in [3.8, 4) is 5.69 Å². The van der Waals surface area contributed by atoms with Gasteiger partial charge >= 0.3 is 11.4 Å². The monoisotopic (exact) mass is 283 g/mol. The van der Waals surface area contributed by atoms with Gasteiger partial charge in [-0.15, -0.1) is 0 Å². The molecular formula is C10H10BrN3O2. The fourth-order valence-corrected chi connectivity index (χ4v) is 1.83. The SMILES string of the molecule is Cc1cc(-n2c(=O)[nH][nH]c2=O)cc(C)c1Br. The molecule has 84 valence electrons. The van der Waals surface area contributed by atoms with Gasteiger partial charge in [-0.05, 0) is 37.1 Å². The van der Waals surface area contributed by atoms with Gasteiger partial charge in [-0.3, -0.25) is 0 Å². The van der Waals surface area contributed by atoms with Gasteiger partial charge in [0.25, 0.3) is 0 Å². The highest BCUT2D eigenvalue weighted by atomic mass is 79.9. The maximum atomic E-state index is 11.4. The zero-order valence-electron chi connectivity index (χ0n) is 8.80. The molecule has 0 spiro atoms. The minimum absolute atomic E-state index is 0.467. The number of hydrogen-bond acceptors (Lipinski definition) is 2. The van der Waals surface area contributed by atoms with Gasteiger partial charge < -0.3 is 0 Å². The molecule has 0 bridgehead atoms. The molecule has 1 aromatic carbocycles. The first-order valence-electron chi connectivity index (χ1n) is 4.67. The standard InChI is InChI=1S/C10H10BrN3O2/c1-5-3-7(4-6(2)8(5)11)14-9(15)12-13-10(14)16/h3-4H,1-2H3,(H,12,15)(H,13,16). The molecule has 2 N–H and O–H groups in total. The summed E-state index contributed by atoms with van der Waals surface area (Å²) in [5, 5.41) is 4.49.